The number of rotatable bonds is 8. The Morgan fingerprint density at radius 3 is 2.15 bits per heavy atom. The fourth-order valence-electron chi connectivity index (χ4n) is 5.38. The van der Waals surface area contributed by atoms with E-state index in [0.29, 0.717) is 5.56 Å². The van der Waals surface area contributed by atoms with Gasteiger partial charge in [0.05, 0.1) is 12.1 Å². The van der Waals surface area contributed by atoms with Crippen LogP contribution in [0.25, 0.3) is 0 Å². The van der Waals surface area contributed by atoms with Crippen LogP contribution in [0.3, 0.4) is 0 Å². The number of amides is 1. The zero-order valence-corrected chi connectivity index (χ0v) is 24.6. The summed E-state index contributed by atoms with van der Waals surface area (Å²) in [4.78, 5) is 12.6. The van der Waals surface area contributed by atoms with E-state index in [0.717, 1.165) is 38.2 Å². The molecule has 1 amide bonds. The average Bonchev–Trinajstić information content (AvgIpc) is 2.80. The maximum Gasteiger partial charge on any atom is 0.407 e. The Morgan fingerprint density at radius 2 is 1.59 bits per heavy atom. The first-order valence-electron chi connectivity index (χ1n) is 14.1. The van der Waals surface area contributed by atoms with Crippen molar-refractivity contribution in [3.05, 3.63) is 70.3 Å². The van der Waals surface area contributed by atoms with Crippen molar-refractivity contribution in [1.82, 2.24) is 10.6 Å². The number of benzene rings is 2. The van der Waals surface area contributed by atoms with Crippen LogP contribution in [0.15, 0.2) is 36.4 Å². The fraction of sp³-hybridized carbons (Fsp3) is 0.594. The summed E-state index contributed by atoms with van der Waals surface area (Å²) in [6, 6.07) is 9.16. The predicted molar refractivity (Wildman–Crippen MR) is 152 cm³/mol. The van der Waals surface area contributed by atoms with E-state index >= 15 is 0 Å². The molecule has 39 heavy (non-hydrogen) atoms. The largest absolute Gasteiger partial charge is 0.444 e. The molecule has 0 aromatic heterocycles. The summed E-state index contributed by atoms with van der Waals surface area (Å²) >= 11 is 0. The van der Waals surface area contributed by atoms with Crippen molar-refractivity contribution >= 4 is 6.09 Å². The maximum absolute atomic E-state index is 13.9. The van der Waals surface area contributed by atoms with E-state index in [1.165, 1.54) is 28.8 Å². The quantitative estimate of drug-likeness (QED) is 0.341. The van der Waals surface area contributed by atoms with Crippen molar-refractivity contribution in [2.75, 3.05) is 6.54 Å². The lowest BCUT2D eigenvalue weighted by molar-refractivity contribution is 0.0408. The van der Waals surface area contributed by atoms with Gasteiger partial charge in [-0.05, 0) is 81.2 Å². The summed E-state index contributed by atoms with van der Waals surface area (Å²) in [5.74, 6) is -1.41. The van der Waals surface area contributed by atoms with Crippen molar-refractivity contribution in [3.8, 4) is 0 Å². The number of hydrogen-bond donors (Lipinski definition) is 3. The molecule has 216 valence electrons. The highest BCUT2D eigenvalue weighted by molar-refractivity contribution is 5.68. The second-order valence-electron chi connectivity index (χ2n) is 13.2. The number of halogens is 2. The Labute approximate surface area is 232 Å². The molecule has 5 nitrogen and oxygen atoms in total. The first-order chi connectivity index (χ1) is 18.1. The van der Waals surface area contributed by atoms with Gasteiger partial charge in [0.1, 0.15) is 17.2 Å². The highest BCUT2D eigenvalue weighted by atomic mass is 19.1. The van der Waals surface area contributed by atoms with Crippen LogP contribution in [0.4, 0.5) is 13.6 Å². The van der Waals surface area contributed by atoms with Crippen LogP contribution in [0, 0.1) is 18.6 Å². The molecule has 0 unspecified atom stereocenters. The van der Waals surface area contributed by atoms with Gasteiger partial charge in [-0.15, -0.1) is 0 Å². The van der Waals surface area contributed by atoms with Crippen molar-refractivity contribution in [1.29, 1.82) is 0 Å². The number of carbonyl (C=O) groups excluding carboxylic acids is 1. The minimum atomic E-state index is -1.03. The van der Waals surface area contributed by atoms with Crippen LogP contribution in [-0.4, -0.2) is 35.5 Å². The number of carbonyl (C=O) groups is 1. The van der Waals surface area contributed by atoms with E-state index in [4.69, 9.17) is 4.74 Å². The van der Waals surface area contributed by atoms with Crippen molar-refractivity contribution in [2.45, 2.75) is 116 Å². The Hall–Kier alpha value is -2.51. The minimum absolute atomic E-state index is 0.00119. The van der Waals surface area contributed by atoms with E-state index in [9.17, 15) is 18.7 Å². The first-order valence-corrected chi connectivity index (χ1v) is 14.1. The number of aliphatic hydroxyl groups is 1. The number of ether oxygens (including phenoxy) is 1. The summed E-state index contributed by atoms with van der Waals surface area (Å²) < 4.78 is 33.2. The number of aliphatic hydroxyl groups excluding tert-OH is 1. The summed E-state index contributed by atoms with van der Waals surface area (Å²) in [5, 5.41) is 17.8. The summed E-state index contributed by atoms with van der Waals surface area (Å²) in [7, 11) is 0. The van der Waals surface area contributed by atoms with Gasteiger partial charge in [-0.1, -0.05) is 63.8 Å². The van der Waals surface area contributed by atoms with Gasteiger partial charge < -0.3 is 20.5 Å². The SMILES string of the molecule is Cc1cc(C(C)(C)C)cc(C2(NC[C@@H](O)[C@H](Cc3cc(F)cc(F)c3)NC(=O)OC(C)(C)C)CCCCC2)c1. The Balaban J connectivity index is 1.87. The highest BCUT2D eigenvalue weighted by Gasteiger charge is 2.36. The maximum atomic E-state index is 13.9. The smallest absolute Gasteiger partial charge is 0.407 e. The fourth-order valence-corrected chi connectivity index (χ4v) is 5.38. The third-order valence-electron chi connectivity index (χ3n) is 7.40. The summed E-state index contributed by atoms with van der Waals surface area (Å²) in [6.07, 6.45) is 3.51. The average molecular weight is 545 g/mol. The highest BCUT2D eigenvalue weighted by Crippen LogP contribution is 2.39. The molecule has 3 N–H and O–H groups in total. The molecule has 2 aromatic carbocycles. The van der Waals surface area contributed by atoms with E-state index in [2.05, 4.69) is 56.5 Å². The van der Waals surface area contributed by atoms with E-state index in [1.54, 1.807) is 20.8 Å². The van der Waals surface area contributed by atoms with Crippen molar-refractivity contribution in [2.24, 2.45) is 0 Å². The molecule has 2 atom stereocenters. The monoisotopic (exact) mass is 544 g/mol. The van der Waals surface area contributed by atoms with Crippen LogP contribution < -0.4 is 10.6 Å². The minimum Gasteiger partial charge on any atom is -0.444 e. The first kappa shape index (κ1) is 31.0. The number of alkyl carbamates (subject to hydrolysis) is 1. The van der Waals surface area contributed by atoms with Gasteiger partial charge >= 0.3 is 6.09 Å². The van der Waals surface area contributed by atoms with Gasteiger partial charge in [0.2, 0.25) is 0 Å². The van der Waals surface area contributed by atoms with Crippen LogP contribution in [0.5, 0.6) is 0 Å². The van der Waals surface area contributed by atoms with Gasteiger partial charge in [-0.25, -0.2) is 13.6 Å². The molecule has 0 radical (unpaired) electrons. The van der Waals surface area contributed by atoms with Gasteiger partial charge in [0, 0.05) is 18.2 Å². The lowest BCUT2D eigenvalue weighted by Crippen LogP contribution is -2.54. The van der Waals surface area contributed by atoms with Gasteiger partial charge in [-0.3, -0.25) is 0 Å². The molecule has 0 heterocycles. The Kier molecular flexibility index (Phi) is 9.82. The predicted octanol–water partition coefficient (Wildman–Crippen LogP) is 6.82. The molecule has 0 bridgehead atoms. The van der Waals surface area contributed by atoms with Crippen LogP contribution >= 0.6 is 0 Å². The standard InChI is InChI=1S/C32H46F2N2O3/c1-21-13-23(30(2,3)4)18-24(14-21)32(11-9-8-10-12-32)35-20-28(37)27(36-29(38)39-31(5,6)7)17-22-15-25(33)19-26(34)16-22/h13-16,18-19,27-28,35,37H,8-12,17,20H2,1-7H3,(H,36,38)/t27-,28+/m0/s1. The molecular formula is C32H46F2N2O3. The zero-order valence-electron chi connectivity index (χ0n) is 24.6. The normalized spacial score (nSPS) is 17.4. The molecule has 7 heteroatoms. The second kappa shape index (κ2) is 12.3. The molecular weight excluding hydrogens is 498 g/mol. The van der Waals surface area contributed by atoms with Crippen LogP contribution in [0.2, 0.25) is 0 Å². The van der Waals surface area contributed by atoms with Crippen molar-refractivity contribution in [3.63, 3.8) is 0 Å². The second-order valence-corrected chi connectivity index (χ2v) is 13.2. The molecule has 0 saturated heterocycles. The van der Waals surface area contributed by atoms with Gasteiger partial charge in [0.25, 0.3) is 0 Å². The number of aryl methyl sites for hydroxylation is 1. The molecule has 0 aliphatic heterocycles. The third kappa shape index (κ3) is 9.00. The molecule has 1 saturated carbocycles. The van der Waals surface area contributed by atoms with E-state index < -0.39 is 35.5 Å². The van der Waals surface area contributed by atoms with E-state index in [1.807, 2.05) is 0 Å². The number of hydrogen-bond acceptors (Lipinski definition) is 4. The Bertz CT molecular complexity index is 1110. The Morgan fingerprint density at radius 1 is 0.974 bits per heavy atom. The summed E-state index contributed by atoms with van der Waals surface area (Å²) in [6.45, 7) is 14.2. The van der Waals surface area contributed by atoms with Crippen LogP contribution in [-0.2, 0) is 22.1 Å². The molecule has 2 aromatic rings. The zero-order chi connectivity index (χ0) is 29.0. The van der Waals surface area contributed by atoms with Gasteiger partial charge in [-0.2, -0.15) is 0 Å². The van der Waals surface area contributed by atoms with Gasteiger partial charge in [0.15, 0.2) is 0 Å². The van der Waals surface area contributed by atoms with Crippen LogP contribution in [0.1, 0.15) is 95.9 Å². The summed E-state index contributed by atoms with van der Waals surface area (Å²) in [5.41, 5.74) is 2.97. The van der Waals surface area contributed by atoms with Crippen molar-refractivity contribution < 1.29 is 23.4 Å². The molecule has 3 rings (SSSR count). The molecule has 1 aliphatic carbocycles. The van der Waals surface area contributed by atoms with E-state index in [-0.39, 0.29) is 23.9 Å². The lowest BCUT2D eigenvalue weighted by atomic mass is 9.74. The topological polar surface area (TPSA) is 70.6 Å². The number of nitrogens with one attached hydrogen (secondary N) is 2. The molecule has 1 aliphatic rings. The molecule has 1 fully saturated rings. The molecule has 0 spiro atoms. The lowest BCUT2D eigenvalue weighted by Gasteiger charge is -2.41. The third-order valence-corrected chi connectivity index (χ3v) is 7.40.